The number of allylic oxidation sites excluding steroid dienone is 1. The lowest BCUT2D eigenvalue weighted by Gasteiger charge is -2.72. The van der Waals surface area contributed by atoms with E-state index in [2.05, 4.69) is 52.8 Å². The number of fused-ring (bicyclic) bond motifs is 7. The third kappa shape index (κ3) is 7.35. The molecule has 1 saturated heterocycles. The van der Waals surface area contributed by atoms with Crippen LogP contribution < -0.4 is 4.72 Å². The van der Waals surface area contributed by atoms with Crippen LogP contribution in [0.15, 0.2) is 12.2 Å². The van der Waals surface area contributed by atoms with Gasteiger partial charge in [0, 0.05) is 31.5 Å². The summed E-state index contributed by atoms with van der Waals surface area (Å²) in [6.07, 6.45) is 13.3. The van der Waals surface area contributed by atoms with Gasteiger partial charge in [0.05, 0.1) is 19.1 Å². The molecule has 306 valence electrons. The zero-order valence-electron chi connectivity index (χ0n) is 35.0. The first kappa shape index (κ1) is 41.7. The van der Waals surface area contributed by atoms with Crippen molar-refractivity contribution in [2.45, 2.75) is 157 Å². The van der Waals surface area contributed by atoms with Crippen molar-refractivity contribution in [3.05, 3.63) is 12.2 Å². The zero-order chi connectivity index (χ0) is 39.8. The molecule has 0 radical (unpaired) electrons. The molecule has 5 aliphatic carbocycles. The number of aliphatic carboxylic acids is 1. The van der Waals surface area contributed by atoms with Gasteiger partial charge in [-0.15, -0.1) is 0 Å². The standard InChI is InChI=1S/C44H72N2O7S/c1-27(2)30-13-19-44(23-35(47)46-22-16-29(26-46)45-54(10,51)52)21-20-42(8)32(39(30)44)11-12-34-41(7)17-15-33(53-37(50)25-40(5,6)24-36(48)49)38(28(3)4)31(41)14-18-43(34,42)9/h28-34,38-39,45H,1,11-26H2,2-10H3,(H,48,49)/t29-,30-,31-,32+,33-,34+,38?,39+,41-,42+,43+,44+/m0/s1. The lowest BCUT2D eigenvalue weighted by Crippen LogP contribution is -2.66. The fourth-order valence-electron chi connectivity index (χ4n) is 14.8. The molecule has 9 nitrogen and oxygen atoms in total. The number of nitrogens with one attached hydrogen (secondary N) is 1. The summed E-state index contributed by atoms with van der Waals surface area (Å²) in [5.41, 5.74) is 1.01. The molecule has 6 rings (SSSR count). The minimum absolute atomic E-state index is 0.0404. The number of carboxylic acid groups (broad SMARTS) is 1. The Morgan fingerprint density at radius 1 is 0.926 bits per heavy atom. The SMILES string of the molecule is C=C(C)[C@@H]1CC[C@]2(CC(=O)N3CC[C@H](NS(C)(=O)=O)C3)CC[C@]3(C)[C@H](CC[C@@H]4[C@@]5(C)CC[C@H](OC(=O)CC(C)(C)CC(=O)O)C(C(C)C)[C@@H]5CC[C@]43C)[C@@H]12. The van der Waals surface area contributed by atoms with Gasteiger partial charge in [0.15, 0.2) is 0 Å². The molecule has 0 aromatic carbocycles. The Morgan fingerprint density at radius 2 is 1.63 bits per heavy atom. The van der Waals surface area contributed by atoms with Crippen LogP contribution in [0, 0.1) is 68.5 Å². The molecule has 10 heteroatoms. The van der Waals surface area contributed by atoms with Crippen molar-refractivity contribution in [1.29, 1.82) is 0 Å². The maximum absolute atomic E-state index is 14.1. The van der Waals surface area contributed by atoms with Crippen molar-refractivity contribution in [1.82, 2.24) is 9.62 Å². The van der Waals surface area contributed by atoms with Crippen LogP contribution >= 0.6 is 0 Å². The third-order valence-electron chi connectivity index (χ3n) is 17.2. The van der Waals surface area contributed by atoms with E-state index in [0.717, 1.165) is 44.9 Å². The second-order valence-corrected chi connectivity index (χ2v) is 23.1. The molecule has 6 aliphatic rings. The quantitative estimate of drug-likeness (QED) is 0.160. The van der Waals surface area contributed by atoms with E-state index in [1.54, 1.807) is 0 Å². The third-order valence-corrected chi connectivity index (χ3v) is 17.9. The van der Waals surface area contributed by atoms with E-state index in [1.165, 1.54) is 31.1 Å². The summed E-state index contributed by atoms with van der Waals surface area (Å²) in [6.45, 7) is 23.9. The van der Waals surface area contributed by atoms with E-state index in [9.17, 15) is 27.9 Å². The van der Waals surface area contributed by atoms with Gasteiger partial charge in [-0.2, -0.15) is 0 Å². The van der Waals surface area contributed by atoms with Gasteiger partial charge in [0.25, 0.3) is 0 Å². The number of ether oxygens (including phenoxy) is 1. The fraction of sp³-hybridized carbons (Fsp3) is 0.886. The Labute approximate surface area is 326 Å². The average Bonchev–Trinajstić information content (AvgIpc) is 3.64. The smallest absolute Gasteiger partial charge is 0.306 e. The van der Waals surface area contributed by atoms with Crippen molar-refractivity contribution in [2.24, 2.45) is 68.5 Å². The number of rotatable bonds is 11. The maximum Gasteiger partial charge on any atom is 0.306 e. The topological polar surface area (TPSA) is 130 Å². The molecular weight excluding hydrogens is 701 g/mol. The predicted octanol–water partition coefficient (Wildman–Crippen LogP) is 8.23. The molecule has 12 atom stereocenters. The van der Waals surface area contributed by atoms with Gasteiger partial charge in [-0.3, -0.25) is 14.4 Å². The normalized spacial score (nSPS) is 42.1. The van der Waals surface area contributed by atoms with E-state index in [-0.39, 0.29) is 64.4 Å². The largest absolute Gasteiger partial charge is 0.481 e. The Balaban J connectivity index is 1.22. The highest BCUT2D eigenvalue weighted by Gasteiger charge is 2.70. The molecule has 1 aliphatic heterocycles. The number of carboxylic acids is 1. The summed E-state index contributed by atoms with van der Waals surface area (Å²) in [7, 11) is -3.32. The van der Waals surface area contributed by atoms with Gasteiger partial charge in [0.1, 0.15) is 6.10 Å². The molecule has 2 N–H and O–H groups in total. The second-order valence-electron chi connectivity index (χ2n) is 21.3. The van der Waals surface area contributed by atoms with Gasteiger partial charge < -0.3 is 14.7 Å². The molecule has 0 spiro atoms. The van der Waals surface area contributed by atoms with E-state index >= 15 is 0 Å². The highest BCUT2D eigenvalue weighted by Crippen LogP contribution is 2.77. The molecule has 6 fully saturated rings. The van der Waals surface area contributed by atoms with Crippen molar-refractivity contribution in [3.8, 4) is 0 Å². The van der Waals surface area contributed by atoms with Gasteiger partial charge in [-0.05, 0) is 140 Å². The maximum atomic E-state index is 14.1. The highest BCUT2D eigenvalue weighted by atomic mass is 32.2. The lowest BCUT2D eigenvalue weighted by atomic mass is 9.32. The fourth-order valence-corrected chi connectivity index (χ4v) is 15.6. The molecule has 0 aromatic rings. The lowest BCUT2D eigenvalue weighted by molar-refractivity contribution is -0.242. The zero-order valence-corrected chi connectivity index (χ0v) is 35.8. The number of nitrogens with zero attached hydrogens (tertiary/aromatic N) is 1. The molecule has 1 heterocycles. The summed E-state index contributed by atoms with van der Waals surface area (Å²) < 4.78 is 32.9. The van der Waals surface area contributed by atoms with Crippen LogP contribution in [-0.4, -0.2) is 67.8 Å². The molecule has 0 bridgehead atoms. The monoisotopic (exact) mass is 773 g/mol. The van der Waals surface area contributed by atoms with E-state index in [1.807, 2.05) is 18.7 Å². The number of hydrogen-bond acceptors (Lipinski definition) is 6. The summed E-state index contributed by atoms with van der Waals surface area (Å²) >= 11 is 0. The van der Waals surface area contributed by atoms with Crippen LogP contribution in [0.25, 0.3) is 0 Å². The molecule has 1 amide bonds. The first-order valence-corrected chi connectivity index (χ1v) is 23.2. The van der Waals surface area contributed by atoms with Crippen LogP contribution in [0.2, 0.25) is 0 Å². The number of esters is 1. The Kier molecular flexibility index (Phi) is 11.2. The predicted molar refractivity (Wildman–Crippen MR) is 212 cm³/mol. The molecule has 54 heavy (non-hydrogen) atoms. The number of sulfonamides is 1. The Morgan fingerprint density at radius 3 is 2.26 bits per heavy atom. The minimum atomic E-state index is -3.32. The first-order chi connectivity index (χ1) is 25.0. The molecule has 0 aromatic heterocycles. The summed E-state index contributed by atoms with van der Waals surface area (Å²) in [5, 5.41) is 9.38. The van der Waals surface area contributed by atoms with Crippen LogP contribution in [0.1, 0.15) is 145 Å². The highest BCUT2D eigenvalue weighted by molar-refractivity contribution is 7.88. The summed E-state index contributed by atoms with van der Waals surface area (Å²) in [4.78, 5) is 40.8. The number of amides is 1. The number of likely N-dealkylation sites (tertiary alicyclic amines) is 1. The van der Waals surface area contributed by atoms with Crippen LogP contribution in [0.5, 0.6) is 0 Å². The van der Waals surface area contributed by atoms with Crippen LogP contribution in [0.4, 0.5) is 0 Å². The number of hydrogen-bond donors (Lipinski definition) is 2. The summed E-state index contributed by atoms with van der Waals surface area (Å²) in [6, 6.07) is -0.210. The van der Waals surface area contributed by atoms with Gasteiger partial charge in [-0.1, -0.05) is 60.6 Å². The van der Waals surface area contributed by atoms with E-state index in [4.69, 9.17) is 4.74 Å². The van der Waals surface area contributed by atoms with Crippen molar-refractivity contribution in [2.75, 3.05) is 19.3 Å². The average molecular weight is 773 g/mol. The first-order valence-electron chi connectivity index (χ1n) is 21.3. The van der Waals surface area contributed by atoms with Crippen LogP contribution in [-0.2, 0) is 29.1 Å². The second kappa shape index (κ2) is 14.5. The van der Waals surface area contributed by atoms with E-state index in [0.29, 0.717) is 61.4 Å². The number of carbonyl (C=O) groups is 3. The molecule has 5 saturated carbocycles. The van der Waals surface area contributed by atoms with Crippen molar-refractivity contribution < 1.29 is 32.6 Å². The number of carbonyl (C=O) groups excluding carboxylic acids is 2. The van der Waals surface area contributed by atoms with Gasteiger partial charge in [-0.25, -0.2) is 13.1 Å². The van der Waals surface area contributed by atoms with Crippen molar-refractivity contribution in [3.63, 3.8) is 0 Å². The molecule has 1 unspecified atom stereocenters. The van der Waals surface area contributed by atoms with Crippen LogP contribution in [0.3, 0.4) is 0 Å². The van der Waals surface area contributed by atoms with Gasteiger partial charge in [0.2, 0.25) is 15.9 Å². The summed E-state index contributed by atoms with van der Waals surface area (Å²) in [5.74, 6) is 2.08. The Hall–Kier alpha value is -1.94. The van der Waals surface area contributed by atoms with Crippen molar-refractivity contribution >= 4 is 27.9 Å². The molecular formula is C44H72N2O7S. The Bertz CT molecular complexity index is 1610. The van der Waals surface area contributed by atoms with Gasteiger partial charge >= 0.3 is 11.9 Å². The minimum Gasteiger partial charge on any atom is -0.481 e. The van der Waals surface area contributed by atoms with E-state index < -0.39 is 21.4 Å².